The molecule has 4 rings (SSSR count). The highest BCUT2D eigenvalue weighted by molar-refractivity contribution is 7.89. The molecule has 1 aromatic heterocycles. The molecule has 31 heavy (non-hydrogen) atoms. The highest BCUT2D eigenvalue weighted by atomic mass is 32.2. The first kappa shape index (κ1) is 21.9. The van der Waals surface area contributed by atoms with Crippen molar-refractivity contribution in [3.8, 4) is 0 Å². The number of morpholine rings is 1. The maximum absolute atomic E-state index is 13.1. The maximum Gasteiger partial charge on any atom is 0.265 e. The van der Waals surface area contributed by atoms with Gasteiger partial charge in [-0.05, 0) is 36.4 Å². The molecular formula is C21H25N3O5S2. The van der Waals surface area contributed by atoms with Gasteiger partial charge in [-0.15, -0.1) is 11.3 Å². The van der Waals surface area contributed by atoms with Crippen molar-refractivity contribution in [1.82, 2.24) is 14.5 Å². The van der Waals surface area contributed by atoms with Crippen LogP contribution in [0.3, 0.4) is 0 Å². The number of nitrogens with one attached hydrogen (secondary N) is 1. The van der Waals surface area contributed by atoms with Crippen LogP contribution in [-0.4, -0.2) is 74.9 Å². The second kappa shape index (κ2) is 9.47. The first-order chi connectivity index (χ1) is 15.0. The third-order valence-corrected chi connectivity index (χ3v) is 8.54. The summed E-state index contributed by atoms with van der Waals surface area (Å²) in [7, 11) is -3.73. The molecule has 1 aromatic carbocycles. The molecule has 0 spiro atoms. The lowest BCUT2D eigenvalue weighted by molar-refractivity contribution is 0.0695. The van der Waals surface area contributed by atoms with Crippen molar-refractivity contribution in [2.24, 2.45) is 0 Å². The van der Waals surface area contributed by atoms with Gasteiger partial charge in [-0.2, -0.15) is 4.31 Å². The van der Waals surface area contributed by atoms with Crippen LogP contribution >= 0.6 is 11.3 Å². The van der Waals surface area contributed by atoms with Crippen molar-refractivity contribution < 1.29 is 22.7 Å². The Bertz CT molecular complexity index is 1020. The lowest BCUT2D eigenvalue weighted by Gasteiger charge is -2.32. The normalized spacial score (nSPS) is 18.6. The summed E-state index contributed by atoms with van der Waals surface area (Å²) >= 11 is 1.15. The van der Waals surface area contributed by atoms with E-state index in [1.54, 1.807) is 22.4 Å². The number of carbonyl (C=O) groups excluding carboxylic acids is 2. The molecule has 0 aliphatic carbocycles. The zero-order chi connectivity index (χ0) is 21.8. The van der Waals surface area contributed by atoms with Crippen LogP contribution in [0.2, 0.25) is 0 Å². The van der Waals surface area contributed by atoms with Crippen LogP contribution in [0.1, 0.15) is 32.9 Å². The second-order valence-electron chi connectivity index (χ2n) is 7.54. The molecule has 2 amide bonds. The quantitative estimate of drug-likeness (QED) is 0.730. The van der Waals surface area contributed by atoms with Crippen LogP contribution in [-0.2, 0) is 14.8 Å². The molecule has 0 atom stereocenters. The first-order valence-electron chi connectivity index (χ1n) is 10.3. The molecule has 3 heterocycles. The van der Waals surface area contributed by atoms with E-state index in [-0.39, 0.29) is 40.7 Å². The monoisotopic (exact) mass is 463 g/mol. The van der Waals surface area contributed by atoms with Crippen molar-refractivity contribution >= 4 is 33.2 Å². The molecule has 10 heteroatoms. The molecule has 2 saturated heterocycles. The maximum atomic E-state index is 13.1. The number of sulfonamides is 1. The van der Waals surface area contributed by atoms with Gasteiger partial charge in [-0.3, -0.25) is 9.59 Å². The average Bonchev–Trinajstić information content (AvgIpc) is 3.31. The van der Waals surface area contributed by atoms with Crippen LogP contribution in [0.15, 0.2) is 46.7 Å². The van der Waals surface area contributed by atoms with E-state index < -0.39 is 10.0 Å². The molecule has 8 nitrogen and oxygen atoms in total. The number of thiophene rings is 1. The minimum atomic E-state index is -3.73. The van der Waals surface area contributed by atoms with Gasteiger partial charge in [0.2, 0.25) is 10.0 Å². The van der Waals surface area contributed by atoms with Gasteiger partial charge < -0.3 is 15.0 Å². The third-order valence-electron chi connectivity index (χ3n) is 5.56. The summed E-state index contributed by atoms with van der Waals surface area (Å²) in [5, 5.41) is 4.67. The molecule has 0 saturated carbocycles. The minimum Gasteiger partial charge on any atom is -0.379 e. The van der Waals surface area contributed by atoms with E-state index in [1.807, 2.05) is 18.2 Å². The summed E-state index contributed by atoms with van der Waals surface area (Å²) in [6, 6.07) is 10.5. The zero-order valence-corrected chi connectivity index (χ0v) is 18.7. The van der Waals surface area contributed by atoms with Crippen LogP contribution in [0.4, 0.5) is 0 Å². The molecule has 166 valence electrons. The average molecular weight is 464 g/mol. The highest BCUT2D eigenvalue weighted by Crippen LogP contribution is 2.28. The van der Waals surface area contributed by atoms with Gasteiger partial charge in [0.15, 0.2) is 0 Å². The van der Waals surface area contributed by atoms with Crippen LogP contribution < -0.4 is 5.32 Å². The first-order valence-corrected chi connectivity index (χ1v) is 12.6. The van der Waals surface area contributed by atoms with Crippen molar-refractivity contribution in [3.05, 3.63) is 52.2 Å². The Hall–Kier alpha value is -2.27. The molecule has 2 aromatic rings. The summed E-state index contributed by atoms with van der Waals surface area (Å²) in [6.45, 7) is 2.22. The number of rotatable bonds is 5. The molecule has 2 fully saturated rings. The summed E-state index contributed by atoms with van der Waals surface area (Å²) in [5.74, 6) is -0.391. The van der Waals surface area contributed by atoms with Gasteiger partial charge in [0.1, 0.15) is 9.77 Å². The van der Waals surface area contributed by atoms with E-state index in [0.29, 0.717) is 44.7 Å². The number of ether oxygens (including phenoxy) is 1. The van der Waals surface area contributed by atoms with Gasteiger partial charge in [-0.1, -0.05) is 18.2 Å². The van der Waals surface area contributed by atoms with E-state index in [1.165, 1.54) is 10.4 Å². The summed E-state index contributed by atoms with van der Waals surface area (Å²) in [5.41, 5.74) is 0.609. The molecule has 1 N–H and O–H groups in total. The Morgan fingerprint density at radius 3 is 2.35 bits per heavy atom. The zero-order valence-electron chi connectivity index (χ0n) is 17.0. The Balaban J connectivity index is 1.38. The number of likely N-dealkylation sites (tertiary alicyclic amines) is 1. The largest absolute Gasteiger partial charge is 0.379 e. The third kappa shape index (κ3) is 4.82. The summed E-state index contributed by atoms with van der Waals surface area (Å²) in [4.78, 5) is 27.5. The number of nitrogens with zero attached hydrogens (tertiary/aromatic N) is 2. The molecule has 0 radical (unpaired) electrons. The van der Waals surface area contributed by atoms with Gasteiger partial charge in [-0.25, -0.2) is 8.42 Å². The molecular weight excluding hydrogens is 438 g/mol. The number of piperidine rings is 1. The Labute approximate surface area is 185 Å². The number of hydrogen-bond acceptors (Lipinski definition) is 6. The predicted octanol–water partition coefficient (Wildman–Crippen LogP) is 1.80. The van der Waals surface area contributed by atoms with Gasteiger partial charge in [0, 0.05) is 37.8 Å². The fourth-order valence-electron chi connectivity index (χ4n) is 3.81. The molecule has 0 unspecified atom stereocenters. The van der Waals surface area contributed by atoms with E-state index >= 15 is 0 Å². The number of benzene rings is 1. The lowest BCUT2D eigenvalue weighted by atomic mass is 10.0. The standard InChI is InChI=1S/C21H25N3O5S2/c25-20(16-4-2-1-3-5-16)22-17-6-9-23(10-7-17)21(26)19-18(8-15-30-19)31(27,28)24-11-13-29-14-12-24/h1-5,8,15,17H,6-7,9-14H2,(H,22,25). The van der Waals surface area contributed by atoms with Gasteiger partial charge >= 0.3 is 0 Å². The predicted molar refractivity (Wildman–Crippen MR) is 117 cm³/mol. The molecule has 2 aliphatic rings. The fraction of sp³-hybridized carbons (Fsp3) is 0.429. The minimum absolute atomic E-state index is 0.0170. The number of amides is 2. The van der Waals surface area contributed by atoms with Crippen molar-refractivity contribution in [3.63, 3.8) is 0 Å². The van der Waals surface area contributed by atoms with E-state index in [0.717, 1.165) is 11.3 Å². The highest BCUT2D eigenvalue weighted by Gasteiger charge is 2.34. The van der Waals surface area contributed by atoms with Gasteiger partial charge in [0.25, 0.3) is 11.8 Å². The molecule has 2 aliphatic heterocycles. The topological polar surface area (TPSA) is 96.0 Å². The van der Waals surface area contributed by atoms with Crippen molar-refractivity contribution in [2.45, 2.75) is 23.8 Å². The van der Waals surface area contributed by atoms with Gasteiger partial charge in [0.05, 0.1) is 13.2 Å². The second-order valence-corrected chi connectivity index (χ2v) is 10.4. The summed E-state index contributed by atoms with van der Waals surface area (Å²) in [6.07, 6.45) is 1.25. The van der Waals surface area contributed by atoms with Crippen LogP contribution in [0.25, 0.3) is 0 Å². The summed E-state index contributed by atoms with van der Waals surface area (Å²) < 4.78 is 32.7. The smallest absolute Gasteiger partial charge is 0.265 e. The van der Waals surface area contributed by atoms with Crippen LogP contribution in [0.5, 0.6) is 0 Å². The van der Waals surface area contributed by atoms with Crippen molar-refractivity contribution in [2.75, 3.05) is 39.4 Å². The number of carbonyl (C=O) groups is 2. The SMILES string of the molecule is O=C(NC1CCN(C(=O)c2sccc2S(=O)(=O)N2CCOCC2)CC1)c1ccccc1. The van der Waals surface area contributed by atoms with E-state index in [4.69, 9.17) is 4.74 Å². The van der Waals surface area contributed by atoms with Crippen LogP contribution in [0, 0.1) is 0 Å². The Kier molecular flexibility index (Phi) is 6.71. The van der Waals surface area contributed by atoms with E-state index in [9.17, 15) is 18.0 Å². The fourth-order valence-corrected chi connectivity index (χ4v) is 6.58. The van der Waals surface area contributed by atoms with E-state index in [2.05, 4.69) is 5.32 Å². The lowest BCUT2D eigenvalue weighted by Crippen LogP contribution is -2.47. The Morgan fingerprint density at radius 1 is 1.00 bits per heavy atom. The molecule has 0 bridgehead atoms. The van der Waals surface area contributed by atoms with Crippen molar-refractivity contribution in [1.29, 1.82) is 0 Å². The number of hydrogen-bond donors (Lipinski definition) is 1. The Morgan fingerprint density at radius 2 is 1.68 bits per heavy atom.